The molecule has 1 aliphatic rings. The Hall–Kier alpha value is -4.07. The Morgan fingerprint density at radius 2 is 1.77 bits per heavy atom. The van der Waals surface area contributed by atoms with Crippen molar-refractivity contribution >= 4 is 22.7 Å². The lowest BCUT2D eigenvalue weighted by atomic mass is 9.90. The molecule has 31 heavy (non-hydrogen) atoms. The fourth-order valence-electron chi connectivity index (χ4n) is 3.71. The smallest absolute Gasteiger partial charge is 0.325 e. The maximum atomic E-state index is 13.2. The quantitative estimate of drug-likeness (QED) is 0.508. The van der Waals surface area contributed by atoms with Crippen molar-refractivity contribution in [2.75, 3.05) is 0 Å². The number of nitrogens with one attached hydrogen (secondary N) is 1. The van der Waals surface area contributed by atoms with Crippen molar-refractivity contribution in [3.05, 3.63) is 84.0 Å². The molecule has 1 aromatic heterocycles. The first-order valence-corrected chi connectivity index (χ1v) is 9.66. The number of hydrogen-bond acceptors (Lipinski definition) is 5. The summed E-state index contributed by atoms with van der Waals surface area (Å²) in [6.07, 6.45) is 0. The van der Waals surface area contributed by atoms with Crippen molar-refractivity contribution in [1.29, 1.82) is 0 Å². The number of urea groups is 1. The van der Waals surface area contributed by atoms with Gasteiger partial charge in [0.05, 0.1) is 0 Å². The number of carbonyl (C=O) groups excluding carboxylic acids is 2. The van der Waals surface area contributed by atoms with Gasteiger partial charge >= 0.3 is 6.03 Å². The Morgan fingerprint density at radius 3 is 2.55 bits per heavy atom. The molecule has 5 rings (SSSR count). The minimum Gasteiger partial charge on any atom is -0.337 e. The minimum absolute atomic E-state index is 0.102. The van der Waals surface area contributed by atoms with Gasteiger partial charge in [0.2, 0.25) is 11.7 Å². The van der Waals surface area contributed by atoms with Crippen LogP contribution < -0.4 is 5.32 Å². The number of amides is 3. The predicted octanol–water partition coefficient (Wildman–Crippen LogP) is 4.00. The number of fused-ring (bicyclic) bond motifs is 1. The maximum absolute atomic E-state index is 13.2. The fourth-order valence-corrected chi connectivity index (χ4v) is 3.71. The third-order valence-electron chi connectivity index (χ3n) is 5.47. The third-order valence-corrected chi connectivity index (χ3v) is 5.47. The number of carbonyl (C=O) groups is 2. The molecule has 1 atom stereocenters. The Kier molecular flexibility index (Phi) is 4.28. The van der Waals surface area contributed by atoms with Gasteiger partial charge in [-0.25, -0.2) is 9.18 Å². The Bertz CT molecular complexity index is 1320. The highest BCUT2D eigenvalue weighted by atomic mass is 19.1. The molecule has 0 spiro atoms. The Labute approximate surface area is 176 Å². The Balaban J connectivity index is 1.40. The van der Waals surface area contributed by atoms with Crippen molar-refractivity contribution in [3.63, 3.8) is 0 Å². The molecule has 8 heteroatoms. The highest BCUT2D eigenvalue weighted by Crippen LogP contribution is 2.32. The van der Waals surface area contributed by atoms with Crippen molar-refractivity contribution in [1.82, 2.24) is 20.4 Å². The molecule has 0 saturated carbocycles. The summed E-state index contributed by atoms with van der Waals surface area (Å²) in [6, 6.07) is 18.5. The largest absolute Gasteiger partial charge is 0.337 e. The van der Waals surface area contributed by atoms with E-state index in [1.54, 1.807) is 6.92 Å². The molecule has 1 unspecified atom stereocenters. The lowest BCUT2D eigenvalue weighted by molar-refractivity contribution is -0.131. The summed E-state index contributed by atoms with van der Waals surface area (Å²) in [4.78, 5) is 31.1. The number of halogens is 1. The summed E-state index contributed by atoms with van der Waals surface area (Å²) in [7, 11) is 0. The average Bonchev–Trinajstić information content (AvgIpc) is 3.33. The van der Waals surface area contributed by atoms with Crippen LogP contribution in [0.2, 0.25) is 0 Å². The minimum atomic E-state index is -1.21. The first-order valence-electron chi connectivity index (χ1n) is 9.66. The molecule has 1 aliphatic heterocycles. The lowest BCUT2D eigenvalue weighted by Gasteiger charge is -2.22. The number of benzene rings is 3. The molecule has 0 radical (unpaired) electrons. The van der Waals surface area contributed by atoms with Gasteiger partial charge in [0, 0.05) is 5.56 Å². The number of rotatable bonds is 4. The number of hydrogen-bond donors (Lipinski definition) is 1. The first-order chi connectivity index (χ1) is 14.9. The summed E-state index contributed by atoms with van der Waals surface area (Å²) in [6.45, 7) is 1.51. The highest BCUT2D eigenvalue weighted by Gasteiger charge is 2.49. The summed E-state index contributed by atoms with van der Waals surface area (Å²) in [5, 5.41) is 8.66. The lowest BCUT2D eigenvalue weighted by Crippen LogP contribution is -2.40. The van der Waals surface area contributed by atoms with E-state index in [-0.39, 0.29) is 24.1 Å². The molecule has 3 aromatic carbocycles. The van der Waals surface area contributed by atoms with E-state index in [9.17, 15) is 14.0 Å². The molecular formula is C23H17FN4O3. The van der Waals surface area contributed by atoms with E-state index in [0.29, 0.717) is 11.1 Å². The zero-order chi connectivity index (χ0) is 21.6. The molecule has 2 heterocycles. The second-order valence-corrected chi connectivity index (χ2v) is 7.53. The molecule has 3 amide bonds. The summed E-state index contributed by atoms with van der Waals surface area (Å²) in [5.74, 6) is -0.431. The topological polar surface area (TPSA) is 88.3 Å². The van der Waals surface area contributed by atoms with Crippen LogP contribution in [-0.2, 0) is 16.9 Å². The molecular weight excluding hydrogens is 399 g/mol. The van der Waals surface area contributed by atoms with Gasteiger partial charge in [0.15, 0.2) is 0 Å². The van der Waals surface area contributed by atoms with Gasteiger partial charge in [0.1, 0.15) is 17.9 Å². The zero-order valence-electron chi connectivity index (χ0n) is 16.5. The number of imide groups is 1. The maximum Gasteiger partial charge on any atom is 0.325 e. The van der Waals surface area contributed by atoms with E-state index in [1.165, 1.54) is 24.3 Å². The van der Waals surface area contributed by atoms with E-state index in [2.05, 4.69) is 15.5 Å². The van der Waals surface area contributed by atoms with Crippen LogP contribution >= 0.6 is 0 Å². The van der Waals surface area contributed by atoms with E-state index in [0.717, 1.165) is 15.7 Å². The monoisotopic (exact) mass is 416 g/mol. The van der Waals surface area contributed by atoms with Crippen LogP contribution in [0.15, 0.2) is 71.3 Å². The summed E-state index contributed by atoms with van der Waals surface area (Å²) in [5.41, 5.74) is 0.0418. The molecule has 0 aliphatic carbocycles. The summed E-state index contributed by atoms with van der Waals surface area (Å²) < 4.78 is 18.3. The highest BCUT2D eigenvalue weighted by molar-refractivity contribution is 6.07. The van der Waals surface area contributed by atoms with Crippen molar-refractivity contribution < 1.29 is 18.5 Å². The van der Waals surface area contributed by atoms with Gasteiger partial charge in [-0.2, -0.15) is 4.98 Å². The van der Waals surface area contributed by atoms with E-state index < -0.39 is 17.5 Å². The Morgan fingerprint density at radius 1 is 1.03 bits per heavy atom. The third kappa shape index (κ3) is 3.22. The predicted molar refractivity (Wildman–Crippen MR) is 110 cm³/mol. The van der Waals surface area contributed by atoms with Crippen LogP contribution in [0.1, 0.15) is 18.4 Å². The molecule has 0 bridgehead atoms. The standard InChI is InChI=1S/C23H17FN4O3/c1-23(17-9-6-14-4-2-3-5-16(14)12-17)21(29)28(22(30)26-23)13-19-25-20(27-31-19)15-7-10-18(24)11-8-15/h2-12H,13H2,1H3,(H,26,30). The fraction of sp³-hybridized carbons (Fsp3) is 0.130. The van der Waals surface area contributed by atoms with Crippen LogP contribution in [0.4, 0.5) is 9.18 Å². The van der Waals surface area contributed by atoms with Crippen LogP contribution in [0.5, 0.6) is 0 Å². The molecule has 1 fully saturated rings. The van der Waals surface area contributed by atoms with Crippen molar-refractivity contribution in [2.24, 2.45) is 0 Å². The van der Waals surface area contributed by atoms with Gasteiger partial charge in [-0.1, -0.05) is 41.6 Å². The van der Waals surface area contributed by atoms with Crippen LogP contribution in [0, 0.1) is 5.82 Å². The average molecular weight is 416 g/mol. The second kappa shape index (κ2) is 7.02. The van der Waals surface area contributed by atoms with Gasteiger partial charge in [-0.3, -0.25) is 9.69 Å². The second-order valence-electron chi connectivity index (χ2n) is 7.53. The molecule has 7 nitrogen and oxygen atoms in total. The van der Waals surface area contributed by atoms with E-state index in [4.69, 9.17) is 4.52 Å². The van der Waals surface area contributed by atoms with Gasteiger partial charge < -0.3 is 9.84 Å². The molecule has 1 saturated heterocycles. The first kappa shape index (κ1) is 18.9. The normalized spacial score (nSPS) is 18.6. The molecule has 1 N–H and O–H groups in total. The van der Waals surface area contributed by atoms with Crippen LogP contribution in [0.3, 0.4) is 0 Å². The van der Waals surface area contributed by atoms with Crippen molar-refractivity contribution in [2.45, 2.75) is 19.0 Å². The van der Waals surface area contributed by atoms with E-state index in [1.807, 2.05) is 42.5 Å². The van der Waals surface area contributed by atoms with Gasteiger partial charge in [0.25, 0.3) is 5.91 Å². The molecule has 4 aromatic rings. The SMILES string of the molecule is CC1(c2ccc3ccccc3c2)NC(=O)N(Cc2nc(-c3ccc(F)cc3)no2)C1=O. The zero-order valence-corrected chi connectivity index (χ0v) is 16.5. The van der Waals surface area contributed by atoms with Crippen molar-refractivity contribution in [3.8, 4) is 11.4 Å². The van der Waals surface area contributed by atoms with Crippen LogP contribution in [-0.4, -0.2) is 27.0 Å². The van der Waals surface area contributed by atoms with Gasteiger partial charge in [-0.05, 0) is 53.6 Å². The number of aromatic nitrogens is 2. The van der Waals surface area contributed by atoms with Crippen LogP contribution in [0.25, 0.3) is 22.2 Å². The van der Waals surface area contributed by atoms with E-state index >= 15 is 0 Å². The summed E-state index contributed by atoms with van der Waals surface area (Å²) >= 11 is 0. The number of nitrogens with zero attached hydrogens (tertiary/aromatic N) is 3. The molecule has 154 valence electrons. The van der Waals surface area contributed by atoms with Gasteiger partial charge in [-0.15, -0.1) is 0 Å².